The second kappa shape index (κ2) is 9.82. The van der Waals surface area contributed by atoms with Crippen molar-refractivity contribution >= 4 is 11.6 Å². The molecule has 0 radical (unpaired) electrons. The Morgan fingerprint density at radius 1 is 1.15 bits per heavy atom. The second-order valence-corrected chi connectivity index (χ2v) is 7.98. The van der Waals surface area contributed by atoms with Crippen molar-refractivity contribution in [3.8, 4) is 5.75 Å². The maximum Gasteiger partial charge on any atom is 0.433 e. The molecule has 9 heteroatoms. The molecule has 1 aromatic heterocycles. The summed E-state index contributed by atoms with van der Waals surface area (Å²) in [5, 5.41) is 21.1. The highest BCUT2D eigenvalue weighted by Gasteiger charge is 2.32. The van der Waals surface area contributed by atoms with Gasteiger partial charge < -0.3 is 19.8 Å². The number of hydrogen-bond donors (Lipinski definition) is 2. The number of fused-ring (bicyclic) bond motifs is 1. The molecule has 2 N–H and O–H groups in total. The topological polar surface area (TPSA) is 82.9 Å². The molecule has 6 nitrogen and oxygen atoms in total. The molecule has 1 aliphatic rings. The number of aliphatic hydroxyl groups excluding tert-OH is 2. The average molecular weight is 472 g/mol. The van der Waals surface area contributed by atoms with E-state index < -0.39 is 30.0 Å². The van der Waals surface area contributed by atoms with E-state index in [1.807, 2.05) is 0 Å². The van der Waals surface area contributed by atoms with Gasteiger partial charge >= 0.3 is 6.18 Å². The number of anilines is 1. The molecule has 0 bridgehead atoms. The van der Waals surface area contributed by atoms with Gasteiger partial charge in [-0.15, -0.1) is 0 Å². The molecule has 2 atom stereocenters. The van der Waals surface area contributed by atoms with Crippen molar-refractivity contribution in [2.75, 3.05) is 18.1 Å². The van der Waals surface area contributed by atoms with E-state index in [0.717, 1.165) is 12.3 Å². The lowest BCUT2D eigenvalue weighted by Gasteiger charge is -2.28. The van der Waals surface area contributed by atoms with Crippen LogP contribution in [0.1, 0.15) is 41.0 Å². The van der Waals surface area contributed by atoms with Gasteiger partial charge in [0.15, 0.2) is 6.10 Å². The number of hydrogen-bond acceptors (Lipinski definition) is 5. The summed E-state index contributed by atoms with van der Waals surface area (Å²) in [5.74, 6) is -0.0808. The number of carbonyl (C=O) groups is 1. The van der Waals surface area contributed by atoms with Gasteiger partial charge in [0, 0.05) is 30.4 Å². The van der Waals surface area contributed by atoms with Crippen LogP contribution in [-0.2, 0) is 17.4 Å². The van der Waals surface area contributed by atoms with Crippen LogP contribution in [0.15, 0.2) is 66.9 Å². The molecule has 3 aromatic rings. The minimum atomic E-state index is -4.54. The SMILES string of the molecule is O=C(C(O)c1ccccc1)N(CCc1ccc(C(F)(F)F)nc1)c1ccc2c(c1)C(O)CCO2. The quantitative estimate of drug-likeness (QED) is 0.561. The number of carbonyl (C=O) groups excluding carboxylic acids is 1. The normalized spacial score (nSPS) is 16.3. The van der Waals surface area contributed by atoms with Crippen molar-refractivity contribution in [3.63, 3.8) is 0 Å². The lowest BCUT2D eigenvalue weighted by Crippen LogP contribution is -2.37. The molecule has 2 unspecified atom stereocenters. The largest absolute Gasteiger partial charge is 0.493 e. The minimum Gasteiger partial charge on any atom is -0.493 e. The minimum absolute atomic E-state index is 0.0749. The monoisotopic (exact) mass is 472 g/mol. The van der Waals surface area contributed by atoms with Gasteiger partial charge in [0.1, 0.15) is 11.4 Å². The summed E-state index contributed by atoms with van der Waals surface area (Å²) < 4.78 is 44.0. The van der Waals surface area contributed by atoms with Crippen molar-refractivity contribution in [2.45, 2.75) is 31.2 Å². The van der Waals surface area contributed by atoms with Crippen LogP contribution in [-0.4, -0.2) is 34.3 Å². The van der Waals surface area contributed by atoms with Crippen LogP contribution in [0.4, 0.5) is 18.9 Å². The van der Waals surface area contributed by atoms with Crippen molar-refractivity contribution in [1.29, 1.82) is 0 Å². The number of ether oxygens (including phenoxy) is 1. The molecule has 1 aliphatic heterocycles. The first-order valence-electron chi connectivity index (χ1n) is 10.8. The first-order valence-corrected chi connectivity index (χ1v) is 10.8. The molecule has 4 rings (SSSR count). The van der Waals surface area contributed by atoms with Gasteiger partial charge in [0.05, 0.1) is 12.7 Å². The number of amides is 1. The summed E-state index contributed by atoms with van der Waals surface area (Å²) in [5.41, 5.74) is 0.888. The van der Waals surface area contributed by atoms with Crippen LogP contribution in [0.5, 0.6) is 5.75 Å². The summed E-state index contributed by atoms with van der Waals surface area (Å²) >= 11 is 0. The molecule has 178 valence electrons. The Bertz CT molecular complexity index is 1140. The van der Waals surface area contributed by atoms with Gasteiger partial charge in [-0.1, -0.05) is 36.4 Å². The van der Waals surface area contributed by atoms with Gasteiger partial charge in [-0.25, -0.2) is 0 Å². The lowest BCUT2D eigenvalue weighted by atomic mass is 10.0. The number of aromatic nitrogens is 1. The summed E-state index contributed by atoms with van der Waals surface area (Å²) in [6.45, 7) is 0.454. The van der Waals surface area contributed by atoms with E-state index in [1.165, 1.54) is 11.0 Å². The zero-order valence-corrected chi connectivity index (χ0v) is 18.1. The molecular weight excluding hydrogens is 449 g/mol. The fourth-order valence-electron chi connectivity index (χ4n) is 3.80. The number of nitrogens with zero attached hydrogens (tertiary/aromatic N) is 2. The molecule has 1 amide bonds. The molecular formula is C25H23F3N2O4. The van der Waals surface area contributed by atoms with Crippen molar-refractivity contribution in [2.24, 2.45) is 0 Å². The van der Waals surface area contributed by atoms with E-state index >= 15 is 0 Å². The van der Waals surface area contributed by atoms with Gasteiger partial charge in [-0.05, 0) is 41.8 Å². The summed E-state index contributed by atoms with van der Waals surface area (Å²) in [6.07, 6.45) is -4.98. The van der Waals surface area contributed by atoms with Gasteiger partial charge in [0.25, 0.3) is 5.91 Å². The zero-order valence-electron chi connectivity index (χ0n) is 18.1. The van der Waals surface area contributed by atoms with Crippen LogP contribution < -0.4 is 9.64 Å². The first-order chi connectivity index (χ1) is 16.2. The van der Waals surface area contributed by atoms with Gasteiger partial charge in [-0.2, -0.15) is 13.2 Å². The van der Waals surface area contributed by atoms with E-state index in [2.05, 4.69) is 4.98 Å². The number of pyridine rings is 1. The molecule has 0 aliphatic carbocycles. The van der Waals surface area contributed by atoms with Crippen molar-refractivity contribution < 1.29 is 32.9 Å². The molecule has 0 saturated carbocycles. The first kappa shape index (κ1) is 23.7. The molecule has 0 fully saturated rings. The third-order valence-electron chi connectivity index (χ3n) is 5.67. The standard InChI is InChI=1S/C25H23F3N2O4/c26-25(27,28)22-9-6-16(15-29-22)10-12-30(24(33)23(32)17-4-2-1-3-5-17)18-7-8-21-19(14-18)20(31)11-13-34-21/h1-9,14-15,20,23,31-32H,10-13H2. The Kier molecular flexibility index (Phi) is 6.85. The zero-order chi connectivity index (χ0) is 24.3. The number of alkyl halides is 3. The van der Waals surface area contributed by atoms with Gasteiger partial charge in [-0.3, -0.25) is 9.78 Å². The number of rotatable bonds is 6. The fourth-order valence-corrected chi connectivity index (χ4v) is 3.80. The summed E-state index contributed by atoms with van der Waals surface area (Å²) in [7, 11) is 0. The van der Waals surface area contributed by atoms with Crippen LogP contribution in [0.25, 0.3) is 0 Å². The second-order valence-electron chi connectivity index (χ2n) is 7.98. The average Bonchev–Trinajstić information content (AvgIpc) is 2.84. The number of benzene rings is 2. The van der Waals surface area contributed by atoms with Crippen molar-refractivity contribution in [3.05, 3.63) is 89.2 Å². The third kappa shape index (κ3) is 5.21. The summed E-state index contributed by atoms with van der Waals surface area (Å²) in [4.78, 5) is 18.1. The molecule has 0 spiro atoms. The van der Waals surface area contributed by atoms with Crippen LogP contribution in [0.3, 0.4) is 0 Å². The van der Waals surface area contributed by atoms with Crippen molar-refractivity contribution in [1.82, 2.24) is 4.98 Å². The van der Waals surface area contributed by atoms with Gasteiger partial charge in [0.2, 0.25) is 0 Å². The number of aliphatic hydroxyl groups is 2. The summed E-state index contributed by atoms with van der Waals surface area (Å²) in [6, 6.07) is 15.6. The van der Waals surface area contributed by atoms with Crippen LogP contribution >= 0.6 is 0 Å². The third-order valence-corrected chi connectivity index (χ3v) is 5.67. The Morgan fingerprint density at radius 3 is 2.59 bits per heavy atom. The molecule has 2 heterocycles. The van der Waals surface area contributed by atoms with Crippen LogP contribution in [0.2, 0.25) is 0 Å². The fraction of sp³-hybridized carbons (Fsp3) is 0.280. The Labute approximate surface area is 194 Å². The number of halogens is 3. The van der Waals surface area contributed by atoms with E-state index in [9.17, 15) is 28.2 Å². The highest BCUT2D eigenvalue weighted by atomic mass is 19.4. The highest BCUT2D eigenvalue weighted by molar-refractivity contribution is 5.97. The maximum absolute atomic E-state index is 13.3. The predicted molar refractivity (Wildman–Crippen MR) is 118 cm³/mol. The molecule has 0 saturated heterocycles. The molecule has 2 aromatic carbocycles. The Balaban J connectivity index is 1.61. The van der Waals surface area contributed by atoms with Crippen LogP contribution in [0, 0.1) is 0 Å². The predicted octanol–water partition coefficient (Wildman–Crippen LogP) is 4.23. The highest BCUT2D eigenvalue weighted by Crippen LogP contribution is 2.36. The van der Waals surface area contributed by atoms with E-state index in [4.69, 9.17) is 4.74 Å². The molecule has 34 heavy (non-hydrogen) atoms. The smallest absolute Gasteiger partial charge is 0.433 e. The van der Waals surface area contributed by atoms with E-state index in [0.29, 0.717) is 41.2 Å². The van der Waals surface area contributed by atoms with E-state index in [-0.39, 0.29) is 13.0 Å². The van der Waals surface area contributed by atoms with E-state index in [1.54, 1.807) is 48.5 Å². The lowest BCUT2D eigenvalue weighted by molar-refractivity contribution is -0.141. The Morgan fingerprint density at radius 2 is 1.91 bits per heavy atom. The maximum atomic E-state index is 13.3. The Hall–Kier alpha value is -3.43.